The molecular weight excluding hydrogens is 194 g/mol. The molecule has 0 heterocycles. The summed E-state index contributed by atoms with van der Waals surface area (Å²) >= 11 is 0. The van der Waals surface area contributed by atoms with Crippen LogP contribution in [0.15, 0.2) is 0 Å². The lowest BCUT2D eigenvalue weighted by molar-refractivity contribution is -0.124. The number of nitrogens with zero attached hydrogens (tertiary/aromatic N) is 1. The Bertz CT molecular complexity index is 192. The minimum absolute atomic E-state index is 0.127. The number of aliphatic hydroxyl groups is 1. The lowest BCUT2D eigenvalue weighted by atomic mass is 9.91. The molecule has 0 saturated heterocycles. The Morgan fingerprint density at radius 1 is 1.53 bits per heavy atom. The van der Waals surface area contributed by atoms with Gasteiger partial charge in [-0.05, 0) is 19.3 Å². The van der Waals surface area contributed by atoms with E-state index in [9.17, 15) is 4.79 Å². The average Bonchev–Trinajstić information content (AvgIpc) is 2.11. The second-order valence-electron chi connectivity index (χ2n) is 4.10. The largest absolute Gasteiger partial charge is 0.396 e. The van der Waals surface area contributed by atoms with Crippen LogP contribution >= 0.6 is 0 Å². The van der Waals surface area contributed by atoms with Crippen LogP contribution in [0.2, 0.25) is 0 Å². The number of methoxy groups -OCH3 is 1. The number of carbonyl (C=O) groups is 1. The Morgan fingerprint density at radius 3 is 2.73 bits per heavy atom. The van der Waals surface area contributed by atoms with Crippen molar-refractivity contribution in [3.05, 3.63) is 0 Å². The number of ketones is 1. The molecule has 1 aliphatic rings. The molecule has 0 unspecified atom stereocenters. The van der Waals surface area contributed by atoms with E-state index < -0.39 is 0 Å². The molecule has 0 aliphatic heterocycles. The molecule has 0 radical (unpaired) electrons. The maximum absolute atomic E-state index is 11.4. The van der Waals surface area contributed by atoms with Crippen LogP contribution in [0.25, 0.3) is 0 Å². The van der Waals surface area contributed by atoms with Crippen LogP contribution in [0, 0.1) is 0 Å². The highest BCUT2D eigenvalue weighted by molar-refractivity contribution is 5.81. The Balaban J connectivity index is 2.30. The summed E-state index contributed by atoms with van der Waals surface area (Å²) < 4.78 is 4.81. The van der Waals surface area contributed by atoms with E-state index in [1.54, 1.807) is 7.11 Å². The Kier molecular flexibility index (Phi) is 5.83. The van der Waals surface area contributed by atoms with Gasteiger partial charge in [-0.2, -0.15) is 0 Å². The molecular formula is C11H21NO3. The summed E-state index contributed by atoms with van der Waals surface area (Å²) in [5.41, 5.74) is 0. The fourth-order valence-electron chi connectivity index (χ4n) is 1.85. The number of carbonyl (C=O) groups excluding carboxylic acids is 1. The SMILES string of the molecule is COCC(=O)CN(CCCO)C1CCC1. The van der Waals surface area contributed by atoms with Crippen molar-refractivity contribution in [2.45, 2.75) is 31.7 Å². The highest BCUT2D eigenvalue weighted by Crippen LogP contribution is 2.24. The van der Waals surface area contributed by atoms with Crippen molar-refractivity contribution in [3.8, 4) is 0 Å². The van der Waals surface area contributed by atoms with Crippen LogP contribution in [0.1, 0.15) is 25.7 Å². The molecule has 1 rings (SSSR count). The van der Waals surface area contributed by atoms with Crippen molar-refractivity contribution in [2.24, 2.45) is 0 Å². The molecule has 0 aromatic carbocycles. The van der Waals surface area contributed by atoms with Gasteiger partial charge in [0, 0.05) is 26.3 Å². The molecule has 1 fully saturated rings. The van der Waals surface area contributed by atoms with Crippen LogP contribution in [0.4, 0.5) is 0 Å². The van der Waals surface area contributed by atoms with Gasteiger partial charge in [-0.25, -0.2) is 0 Å². The number of ether oxygens (including phenoxy) is 1. The second-order valence-corrected chi connectivity index (χ2v) is 4.10. The Labute approximate surface area is 91.2 Å². The van der Waals surface area contributed by atoms with E-state index in [-0.39, 0.29) is 19.0 Å². The third-order valence-corrected chi connectivity index (χ3v) is 2.88. The molecule has 0 amide bonds. The highest BCUT2D eigenvalue weighted by Gasteiger charge is 2.25. The summed E-state index contributed by atoms with van der Waals surface area (Å²) in [4.78, 5) is 13.6. The fourth-order valence-corrected chi connectivity index (χ4v) is 1.85. The van der Waals surface area contributed by atoms with Crippen LogP contribution < -0.4 is 0 Å². The minimum Gasteiger partial charge on any atom is -0.396 e. The average molecular weight is 215 g/mol. The quantitative estimate of drug-likeness (QED) is 0.638. The van der Waals surface area contributed by atoms with Gasteiger partial charge in [-0.3, -0.25) is 9.69 Å². The topological polar surface area (TPSA) is 49.8 Å². The summed E-state index contributed by atoms with van der Waals surface area (Å²) in [5.74, 6) is 0.127. The Hall–Kier alpha value is -0.450. The van der Waals surface area contributed by atoms with Crippen molar-refractivity contribution < 1.29 is 14.6 Å². The number of hydrogen-bond donors (Lipinski definition) is 1. The molecule has 88 valence electrons. The van der Waals surface area contributed by atoms with E-state index >= 15 is 0 Å². The normalized spacial score (nSPS) is 16.7. The van der Waals surface area contributed by atoms with E-state index in [0.717, 1.165) is 13.0 Å². The molecule has 1 aliphatic carbocycles. The molecule has 0 spiro atoms. The van der Waals surface area contributed by atoms with Gasteiger partial charge in [0.2, 0.25) is 0 Å². The maximum Gasteiger partial charge on any atom is 0.172 e. The van der Waals surface area contributed by atoms with Crippen LogP contribution in [-0.4, -0.2) is 55.2 Å². The predicted molar refractivity (Wildman–Crippen MR) is 57.8 cm³/mol. The van der Waals surface area contributed by atoms with E-state index in [4.69, 9.17) is 9.84 Å². The lowest BCUT2D eigenvalue weighted by Gasteiger charge is -2.37. The van der Waals surface area contributed by atoms with E-state index in [2.05, 4.69) is 4.90 Å². The highest BCUT2D eigenvalue weighted by atomic mass is 16.5. The van der Waals surface area contributed by atoms with Gasteiger partial charge in [0.25, 0.3) is 0 Å². The third-order valence-electron chi connectivity index (χ3n) is 2.88. The standard InChI is InChI=1S/C11H21NO3/c1-15-9-11(14)8-12(6-3-7-13)10-4-2-5-10/h10,13H,2-9H2,1H3. The van der Waals surface area contributed by atoms with Gasteiger partial charge in [0.05, 0.1) is 6.54 Å². The van der Waals surface area contributed by atoms with Crippen molar-refractivity contribution in [3.63, 3.8) is 0 Å². The molecule has 15 heavy (non-hydrogen) atoms. The minimum atomic E-state index is 0.127. The first-order valence-corrected chi connectivity index (χ1v) is 5.63. The fraction of sp³-hybridized carbons (Fsp3) is 0.909. The Morgan fingerprint density at radius 2 is 2.27 bits per heavy atom. The summed E-state index contributed by atoms with van der Waals surface area (Å²) in [6, 6.07) is 0.553. The molecule has 4 heteroatoms. The van der Waals surface area contributed by atoms with Crippen molar-refractivity contribution in [1.29, 1.82) is 0 Å². The molecule has 1 N–H and O–H groups in total. The molecule has 0 bridgehead atoms. The summed E-state index contributed by atoms with van der Waals surface area (Å²) in [5, 5.41) is 8.79. The summed E-state index contributed by atoms with van der Waals surface area (Å²) in [7, 11) is 1.54. The predicted octanol–water partition coefficient (Wildman–Crippen LogP) is 0.439. The van der Waals surface area contributed by atoms with Crippen LogP contribution in [-0.2, 0) is 9.53 Å². The summed E-state index contributed by atoms with van der Waals surface area (Å²) in [6.07, 6.45) is 4.38. The van der Waals surface area contributed by atoms with Gasteiger partial charge in [-0.15, -0.1) is 0 Å². The molecule has 0 aromatic rings. The van der Waals surface area contributed by atoms with Gasteiger partial charge < -0.3 is 9.84 Å². The number of hydrogen-bond acceptors (Lipinski definition) is 4. The third kappa shape index (κ3) is 4.28. The zero-order valence-corrected chi connectivity index (χ0v) is 9.45. The lowest BCUT2D eigenvalue weighted by Crippen LogP contribution is -2.44. The van der Waals surface area contributed by atoms with Gasteiger partial charge in [-0.1, -0.05) is 6.42 Å². The first-order chi connectivity index (χ1) is 7.27. The molecule has 4 nitrogen and oxygen atoms in total. The number of Topliss-reactive ketones (excluding diaryl/α,β-unsaturated/α-hetero) is 1. The van der Waals surface area contributed by atoms with Gasteiger partial charge in [0.15, 0.2) is 5.78 Å². The van der Waals surface area contributed by atoms with Crippen LogP contribution in [0.5, 0.6) is 0 Å². The monoisotopic (exact) mass is 215 g/mol. The van der Waals surface area contributed by atoms with E-state index in [1.807, 2.05) is 0 Å². The summed E-state index contributed by atoms with van der Waals surface area (Å²) in [6.45, 7) is 1.68. The first kappa shape index (κ1) is 12.6. The van der Waals surface area contributed by atoms with Gasteiger partial charge in [0.1, 0.15) is 6.61 Å². The first-order valence-electron chi connectivity index (χ1n) is 5.63. The van der Waals surface area contributed by atoms with Crippen molar-refractivity contribution >= 4 is 5.78 Å². The molecule has 1 saturated carbocycles. The number of rotatable bonds is 8. The van der Waals surface area contributed by atoms with Crippen LogP contribution in [0.3, 0.4) is 0 Å². The van der Waals surface area contributed by atoms with E-state index in [0.29, 0.717) is 12.6 Å². The van der Waals surface area contributed by atoms with Gasteiger partial charge >= 0.3 is 0 Å². The van der Waals surface area contributed by atoms with Crippen molar-refractivity contribution in [2.75, 3.05) is 33.4 Å². The molecule has 0 atom stereocenters. The van der Waals surface area contributed by atoms with Crippen molar-refractivity contribution in [1.82, 2.24) is 4.90 Å². The zero-order valence-electron chi connectivity index (χ0n) is 9.45. The van der Waals surface area contributed by atoms with E-state index in [1.165, 1.54) is 19.3 Å². The second kappa shape index (κ2) is 6.93. The number of aliphatic hydroxyl groups excluding tert-OH is 1. The zero-order chi connectivity index (χ0) is 11.1. The smallest absolute Gasteiger partial charge is 0.172 e. The maximum atomic E-state index is 11.4. The molecule has 0 aromatic heterocycles.